The second-order valence-corrected chi connectivity index (χ2v) is 5.09. The molecule has 19 heavy (non-hydrogen) atoms. The zero-order valence-electron chi connectivity index (χ0n) is 11.8. The number of hydrogen-bond donors (Lipinski definition) is 1. The summed E-state index contributed by atoms with van der Waals surface area (Å²) in [4.78, 5) is 8.50. The van der Waals surface area contributed by atoms with E-state index >= 15 is 0 Å². The van der Waals surface area contributed by atoms with Crippen LogP contribution in [0.25, 0.3) is 0 Å². The SMILES string of the molecule is CC(C)Oc1ccnc(NCCC2CCCCO2)n1. The van der Waals surface area contributed by atoms with Crippen molar-refractivity contribution in [2.45, 2.75) is 51.7 Å². The standard InChI is InChI=1S/C14H23N3O2/c1-11(2)19-13-7-9-16-14(17-13)15-8-6-12-5-3-4-10-18-12/h7,9,11-12H,3-6,8,10H2,1-2H3,(H,15,16,17). The first kappa shape index (κ1) is 14.1. The predicted molar refractivity (Wildman–Crippen MR) is 74.5 cm³/mol. The van der Waals surface area contributed by atoms with E-state index in [1.54, 1.807) is 12.3 Å². The van der Waals surface area contributed by atoms with Gasteiger partial charge in [-0.05, 0) is 39.5 Å². The molecule has 1 fully saturated rings. The topological polar surface area (TPSA) is 56.3 Å². The molecule has 0 aromatic carbocycles. The molecule has 1 aliphatic rings. The van der Waals surface area contributed by atoms with Gasteiger partial charge >= 0.3 is 0 Å². The van der Waals surface area contributed by atoms with E-state index in [2.05, 4.69) is 15.3 Å². The van der Waals surface area contributed by atoms with Gasteiger partial charge in [-0.15, -0.1) is 0 Å². The average molecular weight is 265 g/mol. The molecule has 5 nitrogen and oxygen atoms in total. The average Bonchev–Trinajstić information content (AvgIpc) is 2.40. The Kier molecular flexibility index (Phi) is 5.39. The fourth-order valence-corrected chi connectivity index (χ4v) is 2.11. The van der Waals surface area contributed by atoms with Crippen molar-refractivity contribution in [3.63, 3.8) is 0 Å². The third-order valence-corrected chi connectivity index (χ3v) is 3.01. The molecule has 2 heterocycles. The quantitative estimate of drug-likeness (QED) is 0.857. The summed E-state index contributed by atoms with van der Waals surface area (Å²) in [7, 11) is 0. The van der Waals surface area contributed by atoms with Gasteiger partial charge < -0.3 is 14.8 Å². The first-order valence-electron chi connectivity index (χ1n) is 7.09. The zero-order valence-corrected chi connectivity index (χ0v) is 11.8. The minimum absolute atomic E-state index is 0.124. The van der Waals surface area contributed by atoms with Gasteiger partial charge in [-0.1, -0.05) is 0 Å². The van der Waals surface area contributed by atoms with Gasteiger partial charge in [0.2, 0.25) is 11.8 Å². The normalized spacial score (nSPS) is 19.4. The van der Waals surface area contributed by atoms with Gasteiger partial charge in [0.15, 0.2) is 0 Å². The lowest BCUT2D eigenvalue weighted by Gasteiger charge is -2.22. The fraction of sp³-hybridized carbons (Fsp3) is 0.714. The molecule has 0 spiro atoms. The van der Waals surface area contributed by atoms with Crippen LogP contribution >= 0.6 is 0 Å². The minimum Gasteiger partial charge on any atom is -0.475 e. The molecule has 2 rings (SSSR count). The molecule has 0 radical (unpaired) electrons. The smallest absolute Gasteiger partial charge is 0.225 e. The van der Waals surface area contributed by atoms with E-state index in [4.69, 9.17) is 9.47 Å². The third-order valence-electron chi connectivity index (χ3n) is 3.01. The van der Waals surface area contributed by atoms with Crippen molar-refractivity contribution in [1.29, 1.82) is 0 Å². The van der Waals surface area contributed by atoms with Crippen LogP contribution in [0.15, 0.2) is 12.3 Å². The molecule has 1 aromatic heterocycles. The van der Waals surface area contributed by atoms with Crippen molar-refractivity contribution in [3.8, 4) is 5.88 Å². The van der Waals surface area contributed by atoms with Gasteiger partial charge in [0.25, 0.3) is 0 Å². The Labute approximate surface area is 114 Å². The monoisotopic (exact) mass is 265 g/mol. The molecule has 1 aromatic rings. The molecule has 1 aliphatic heterocycles. The van der Waals surface area contributed by atoms with Crippen molar-refractivity contribution in [1.82, 2.24) is 9.97 Å². The summed E-state index contributed by atoms with van der Waals surface area (Å²) >= 11 is 0. The largest absolute Gasteiger partial charge is 0.475 e. The highest BCUT2D eigenvalue weighted by Crippen LogP contribution is 2.16. The number of rotatable bonds is 6. The van der Waals surface area contributed by atoms with Gasteiger partial charge in [-0.3, -0.25) is 0 Å². The molecule has 0 bridgehead atoms. The van der Waals surface area contributed by atoms with Crippen LogP contribution in [0, 0.1) is 0 Å². The highest BCUT2D eigenvalue weighted by atomic mass is 16.5. The molecular weight excluding hydrogens is 242 g/mol. The van der Waals surface area contributed by atoms with Gasteiger partial charge in [0, 0.05) is 25.4 Å². The van der Waals surface area contributed by atoms with E-state index in [0.29, 0.717) is 17.9 Å². The van der Waals surface area contributed by atoms with Crippen molar-refractivity contribution in [3.05, 3.63) is 12.3 Å². The summed E-state index contributed by atoms with van der Waals surface area (Å²) in [5.74, 6) is 1.23. The Balaban J connectivity index is 1.75. The molecule has 0 amide bonds. The Hall–Kier alpha value is -1.36. The number of aromatic nitrogens is 2. The van der Waals surface area contributed by atoms with Gasteiger partial charge in [0.1, 0.15) is 0 Å². The summed E-state index contributed by atoms with van der Waals surface area (Å²) in [5.41, 5.74) is 0. The van der Waals surface area contributed by atoms with Crippen LogP contribution in [0.4, 0.5) is 5.95 Å². The van der Waals surface area contributed by atoms with Gasteiger partial charge in [0.05, 0.1) is 12.2 Å². The number of hydrogen-bond acceptors (Lipinski definition) is 5. The summed E-state index contributed by atoms with van der Waals surface area (Å²) in [6.45, 7) is 5.69. The summed E-state index contributed by atoms with van der Waals surface area (Å²) in [5, 5.41) is 3.22. The lowest BCUT2D eigenvalue weighted by molar-refractivity contribution is 0.0134. The Morgan fingerprint density at radius 3 is 3.11 bits per heavy atom. The maximum Gasteiger partial charge on any atom is 0.225 e. The van der Waals surface area contributed by atoms with Gasteiger partial charge in [-0.25, -0.2) is 4.98 Å². The second kappa shape index (κ2) is 7.28. The molecule has 5 heteroatoms. The third kappa shape index (κ3) is 5.03. The predicted octanol–water partition coefficient (Wildman–Crippen LogP) is 2.63. The summed E-state index contributed by atoms with van der Waals surface area (Å²) in [6.07, 6.45) is 6.86. The molecular formula is C14H23N3O2. The number of anilines is 1. The lowest BCUT2D eigenvalue weighted by atomic mass is 10.1. The van der Waals surface area contributed by atoms with E-state index < -0.39 is 0 Å². The molecule has 0 aliphatic carbocycles. The Morgan fingerprint density at radius 1 is 1.47 bits per heavy atom. The molecule has 1 saturated heterocycles. The molecule has 106 valence electrons. The lowest BCUT2D eigenvalue weighted by Crippen LogP contribution is -2.22. The Bertz CT molecular complexity index is 379. The second-order valence-electron chi connectivity index (χ2n) is 5.09. The van der Waals surface area contributed by atoms with Crippen molar-refractivity contribution < 1.29 is 9.47 Å². The van der Waals surface area contributed by atoms with Gasteiger partial charge in [-0.2, -0.15) is 4.98 Å². The van der Waals surface area contributed by atoms with E-state index in [9.17, 15) is 0 Å². The molecule has 1 atom stereocenters. The first-order valence-corrected chi connectivity index (χ1v) is 7.09. The highest BCUT2D eigenvalue weighted by molar-refractivity contribution is 5.27. The van der Waals surface area contributed by atoms with Crippen LogP contribution in [0.5, 0.6) is 5.88 Å². The van der Waals surface area contributed by atoms with Crippen LogP contribution in [0.1, 0.15) is 39.5 Å². The summed E-state index contributed by atoms with van der Waals surface area (Å²) < 4.78 is 11.2. The number of ether oxygens (including phenoxy) is 2. The van der Waals surface area contributed by atoms with E-state index in [1.807, 2.05) is 13.8 Å². The highest BCUT2D eigenvalue weighted by Gasteiger charge is 2.13. The number of nitrogens with zero attached hydrogens (tertiary/aromatic N) is 2. The van der Waals surface area contributed by atoms with Crippen molar-refractivity contribution in [2.24, 2.45) is 0 Å². The first-order chi connectivity index (χ1) is 9.24. The van der Waals surface area contributed by atoms with Crippen LogP contribution in [-0.4, -0.2) is 35.3 Å². The molecule has 1 unspecified atom stereocenters. The fourth-order valence-electron chi connectivity index (χ4n) is 2.11. The summed E-state index contributed by atoms with van der Waals surface area (Å²) in [6, 6.07) is 1.77. The van der Waals surface area contributed by atoms with E-state index in [-0.39, 0.29) is 6.10 Å². The van der Waals surface area contributed by atoms with Crippen LogP contribution in [-0.2, 0) is 4.74 Å². The van der Waals surface area contributed by atoms with Crippen LogP contribution in [0.2, 0.25) is 0 Å². The van der Waals surface area contributed by atoms with Crippen molar-refractivity contribution >= 4 is 5.95 Å². The van der Waals surface area contributed by atoms with Crippen LogP contribution in [0.3, 0.4) is 0 Å². The van der Waals surface area contributed by atoms with Crippen molar-refractivity contribution in [2.75, 3.05) is 18.5 Å². The Morgan fingerprint density at radius 2 is 2.37 bits per heavy atom. The zero-order chi connectivity index (χ0) is 13.5. The number of nitrogens with one attached hydrogen (secondary N) is 1. The minimum atomic E-state index is 0.124. The molecule has 1 N–H and O–H groups in total. The van der Waals surface area contributed by atoms with Crippen LogP contribution < -0.4 is 10.1 Å². The van der Waals surface area contributed by atoms with E-state index in [0.717, 1.165) is 19.6 Å². The molecule has 0 saturated carbocycles. The maximum absolute atomic E-state index is 5.69. The van der Waals surface area contributed by atoms with E-state index in [1.165, 1.54) is 19.3 Å². The maximum atomic E-state index is 5.69.